The van der Waals surface area contributed by atoms with Crippen LogP contribution in [0.3, 0.4) is 0 Å². The summed E-state index contributed by atoms with van der Waals surface area (Å²) in [6, 6.07) is 0. The summed E-state index contributed by atoms with van der Waals surface area (Å²) in [5.41, 5.74) is 0. The summed E-state index contributed by atoms with van der Waals surface area (Å²) in [5.74, 6) is -1.26. The molecular formula is C6H10O4S. The van der Waals surface area contributed by atoms with Crippen LogP contribution in [0.15, 0.2) is 0 Å². The van der Waals surface area contributed by atoms with Crippen molar-refractivity contribution in [3.8, 4) is 0 Å². The van der Waals surface area contributed by atoms with E-state index < -0.39 is 25.3 Å². The van der Waals surface area contributed by atoms with Crippen molar-refractivity contribution in [3.63, 3.8) is 0 Å². The highest BCUT2D eigenvalue weighted by Crippen LogP contribution is 2.55. The smallest absolute Gasteiger partial charge is 0.326 e. The van der Waals surface area contributed by atoms with Crippen LogP contribution in [0.5, 0.6) is 0 Å². The van der Waals surface area contributed by atoms with E-state index in [1.54, 1.807) is 0 Å². The molecule has 0 aliphatic carbocycles. The highest BCUT2D eigenvalue weighted by molar-refractivity contribution is 8.02. The topological polar surface area (TPSA) is 71.4 Å². The molecule has 1 rings (SSSR count). The maximum absolute atomic E-state index is 11.1. The van der Waals surface area contributed by atoms with E-state index in [1.807, 2.05) is 0 Å². The van der Waals surface area contributed by atoms with Crippen LogP contribution in [0.2, 0.25) is 0 Å². The highest BCUT2D eigenvalue weighted by Gasteiger charge is 2.80. The number of carboxylic acid groups (broad SMARTS) is 1. The Balaban J connectivity index is 3.28. The molecule has 1 fully saturated rings. The van der Waals surface area contributed by atoms with Crippen LogP contribution in [-0.4, -0.2) is 29.0 Å². The molecule has 1 N–H and O–H groups in total. The lowest BCUT2D eigenvalue weighted by Crippen LogP contribution is -2.27. The monoisotopic (exact) mass is 178 g/mol. The van der Waals surface area contributed by atoms with Gasteiger partial charge in [-0.05, 0) is 20.8 Å². The first-order valence-corrected chi connectivity index (χ1v) is 4.65. The molecule has 64 valence electrons. The zero-order valence-corrected chi connectivity index (χ0v) is 7.40. The third kappa shape index (κ3) is 0.560. The number of hydrogen-bond donors (Lipinski definition) is 1. The Labute approximate surface area is 65.1 Å². The van der Waals surface area contributed by atoms with Gasteiger partial charge in [0, 0.05) is 0 Å². The number of hydrogen-bond acceptors (Lipinski definition) is 3. The van der Waals surface area contributed by atoms with E-state index in [2.05, 4.69) is 0 Å². The fraction of sp³-hybridized carbons (Fsp3) is 0.833. The van der Waals surface area contributed by atoms with Crippen LogP contribution in [0.4, 0.5) is 0 Å². The predicted octanol–water partition coefficient (Wildman–Crippen LogP) is 0.0367. The second kappa shape index (κ2) is 1.60. The first kappa shape index (κ1) is 8.52. The lowest BCUT2D eigenvalue weighted by atomic mass is 9.99. The molecule has 1 saturated heterocycles. The molecule has 0 spiro atoms. The summed E-state index contributed by atoms with van der Waals surface area (Å²) in [7, 11) is -3.43. The SMILES string of the molecule is CC1(C)C(C)(C(=O)O)S1(=O)=O. The summed E-state index contributed by atoms with van der Waals surface area (Å²) in [6.45, 7) is 4.09. The van der Waals surface area contributed by atoms with Gasteiger partial charge in [-0.1, -0.05) is 0 Å². The zero-order chi connectivity index (χ0) is 9.08. The van der Waals surface area contributed by atoms with Gasteiger partial charge in [0.15, 0.2) is 14.6 Å². The molecule has 1 atom stereocenters. The third-order valence-corrected chi connectivity index (χ3v) is 6.03. The zero-order valence-electron chi connectivity index (χ0n) is 6.58. The van der Waals surface area contributed by atoms with Gasteiger partial charge in [-0.2, -0.15) is 0 Å². The Morgan fingerprint density at radius 1 is 1.27 bits per heavy atom. The molecule has 1 heterocycles. The molecule has 1 unspecified atom stereocenters. The fourth-order valence-corrected chi connectivity index (χ4v) is 3.33. The van der Waals surface area contributed by atoms with Gasteiger partial charge in [-0.3, -0.25) is 4.79 Å². The van der Waals surface area contributed by atoms with Crippen LogP contribution >= 0.6 is 0 Å². The van der Waals surface area contributed by atoms with Gasteiger partial charge in [0.25, 0.3) is 0 Å². The molecule has 4 nitrogen and oxygen atoms in total. The lowest BCUT2D eigenvalue weighted by molar-refractivity contribution is -0.138. The predicted molar refractivity (Wildman–Crippen MR) is 39.0 cm³/mol. The van der Waals surface area contributed by atoms with Crippen molar-refractivity contribution in [2.45, 2.75) is 30.3 Å². The van der Waals surface area contributed by atoms with Crippen molar-refractivity contribution in [2.75, 3.05) is 0 Å². The molecule has 0 amide bonds. The number of carbonyl (C=O) groups is 1. The lowest BCUT2D eigenvalue weighted by Gasteiger charge is -1.99. The summed E-state index contributed by atoms with van der Waals surface area (Å²) in [6.07, 6.45) is 0. The third-order valence-electron chi connectivity index (χ3n) is 2.72. The quantitative estimate of drug-likeness (QED) is 0.575. The Kier molecular flexibility index (Phi) is 1.24. The molecule has 0 aromatic carbocycles. The molecule has 1 aliphatic heterocycles. The Morgan fingerprint density at radius 3 is 1.55 bits per heavy atom. The molecule has 11 heavy (non-hydrogen) atoms. The molecule has 0 radical (unpaired) electrons. The maximum atomic E-state index is 11.1. The van der Waals surface area contributed by atoms with Gasteiger partial charge in [0.2, 0.25) is 0 Å². The average molecular weight is 178 g/mol. The van der Waals surface area contributed by atoms with Gasteiger partial charge in [-0.15, -0.1) is 0 Å². The number of rotatable bonds is 1. The summed E-state index contributed by atoms with van der Waals surface area (Å²) in [5, 5.41) is 8.60. The van der Waals surface area contributed by atoms with Crippen LogP contribution < -0.4 is 0 Å². The maximum Gasteiger partial charge on any atom is 0.326 e. The van der Waals surface area contributed by atoms with Crippen molar-refractivity contribution in [1.29, 1.82) is 0 Å². The number of sulfone groups is 1. The van der Waals surface area contributed by atoms with Crippen LogP contribution in [0, 0.1) is 0 Å². The van der Waals surface area contributed by atoms with Gasteiger partial charge in [0.1, 0.15) is 0 Å². The van der Waals surface area contributed by atoms with Crippen molar-refractivity contribution in [2.24, 2.45) is 0 Å². The minimum absolute atomic E-state index is 1.11. The van der Waals surface area contributed by atoms with Gasteiger partial charge in [-0.25, -0.2) is 8.42 Å². The second-order valence-corrected chi connectivity index (χ2v) is 6.20. The molecule has 1 aliphatic rings. The van der Waals surface area contributed by atoms with Crippen LogP contribution in [0.1, 0.15) is 20.8 Å². The molecule has 5 heteroatoms. The van der Waals surface area contributed by atoms with E-state index >= 15 is 0 Å². The Hall–Kier alpha value is -0.580. The van der Waals surface area contributed by atoms with Gasteiger partial charge < -0.3 is 5.11 Å². The van der Waals surface area contributed by atoms with Crippen molar-refractivity contribution in [1.82, 2.24) is 0 Å². The molecular weight excluding hydrogens is 168 g/mol. The summed E-state index contributed by atoms with van der Waals surface area (Å²) >= 11 is 0. The molecule has 0 aromatic rings. The minimum atomic E-state index is -3.43. The number of aliphatic carboxylic acids is 1. The van der Waals surface area contributed by atoms with Gasteiger partial charge in [0.05, 0.1) is 4.75 Å². The number of carboxylic acids is 1. The average Bonchev–Trinajstić information content (AvgIpc) is 2.11. The van der Waals surface area contributed by atoms with Crippen LogP contribution in [-0.2, 0) is 14.6 Å². The molecule has 0 saturated carbocycles. The second-order valence-electron chi connectivity index (χ2n) is 3.35. The molecule has 0 bridgehead atoms. The summed E-state index contributed by atoms with van der Waals surface area (Å²) in [4.78, 5) is 10.5. The van der Waals surface area contributed by atoms with E-state index in [0.29, 0.717) is 0 Å². The van der Waals surface area contributed by atoms with Crippen molar-refractivity contribution >= 4 is 15.8 Å². The Morgan fingerprint density at radius 2 is 1.55 bits per heavy atom. The highest BCUT2D eigenvalue weighted by atomic mass is 32.2. The minimum Gasteiger partial charge on any atom is -0.480 e. The van der Waals surface area contributed by atoms with E-state index in [1.165, 1.54) is 20.8 Å². The normalized spacial score (nSPS) is 38.1. The van der Waals surface area contributed by atoms with Crippen molar-refractivity contribution in [3.05, 3.63) is 0 Å². The van der Waals surface area contributed by atoms with E-state index in [4.69, 9.17) is 5.11 Å². The van der Waals surface area contributed by atoms with Gasteiger partial charge >= 0.3 is 5.97 Å². The summed E-state index contributed by atoms with van der Waals surface area (Å²) < 4.78 is 19.5. The first-order valence-electron chi connectivity index (χ1n) is 3.17. The molecule has 0 aromatic heterocycles. The first-order chi connectivity index (χ1) is 4.69. The largest absolute Gasteiger partial charge is 0.480 e. The Bertz CT molecular complexity index is 313. The van der Waals surface area contributed by atoms with Crippen molar-refractivity contribution < 1.29 is 18.3 Å². The van der Waals surface area contributed by atoms with E-state index in [-0.39, 0.29) is 0 Å². The van der Waals surface area contributed by atoms with E-state index in [0.717, 1.165) is 0 Å². The standard InChI is InChI=1S/C6H10O4S/c1-5(2)6(3,4(7)8)11(5,9)10/h1-3H3,(H,7,8). The van der Waals surface area contributed by atoms with Crippen LogP contribution in [0.25, 0.3) is 0 Å². The fourth-order valence-electron chi connectivity index (χ4n) is 1.18. The van der Waals surface area contributed by atoms with E-state index in [9.17, 15) is 13.2 Å².